The predicted molar refractivity (Wildman–Crippen MR) is 117 cm³/mol. The Morgan fingerprint density at radius 2 is 1.29 bits per heavy atom. The Balaban J connectivity index is 0.000000311. The fourth-order valence-corrected chi connectivity index (χ4v) is 5.94. The normalized spacial score (nSPS) is 19.1. The summed E-state index contributed by atoms with van der Waals surface area (Å²) in [4.78, 5) is 48.0. The van der Waals surface area contributed by atoms with E-state index in [2.05, 4.69) is 0 Å². The minimum Gasteiger partial charge on any atom is -0.480 e. The van der Waals surface area contributed by atoms with Crippen molar-refractivity contribution in [2.45, 2.75) is 63.4 Å². The second kappa shape index (κ2) is 11.7. The first kappa shape index (κ1) is 27.2. The molecule has 2 saturated carbocycles. The molecular formula is C19H32N2O8S2. The molecule has 0 aromatic rings. The van der Waals surface area contributed by atoms with Crippen LogP contribution in [0.25, 0.3) is 0 Å². The maximum Gasteiger partial charge on any atom is 0.323 e. The van der Waals surface area contributed by atoms with E-state index in [9.17, 15) is 27.6 Å². The number of amides is 2. The quantitative estimate of drug-likeness (QED) is 0.508. The van der Waals surface area contributed by atoms with Gasteiger partial charge in [-0.05, 0) is 59.3 Å². The molecule has 2 rings (SSSR count). The molecule has 2 aliphatic rings. The zero-order valence-electron chi connectivity index (χ0n) is 18.4. The lowest BCUT2D eigenvalue weighted by atomic mass is 10.3. The van der Waals surface area contributed by atoms with Crippen molar-refractivity contribution in [1.82, 2.24) is 9.80 Å². The summed E-state index contributed by atoms with van der Waals surface area (Å²) < 4.78 is 22.3. The highest BCUT2D eigenvalue weighted by Gasteiger charge is 2.58. The fourth-order valence-electron chi connectivity index (χ4n) is 2.94. The van der Waals surface area contributed by atoms with Gasteiger partial charge in [-0.15, -0.1) is 0 Å². The monoisotopic (exact) mass is 480 g/mol. The average Bonchev–Trinajstić information content (AvgIpc) is 3.63. The van der Waals surface area contributed by atoms with Gasteiger partial charge in [-0.2, -0.15) is 0 Å². The summed E-state index contributed by atoms with van der Waals surface area (Å²) in [5.74, 6) is -2.33. The van der Waals surface area contributed by atoms with Gasteiger partial charge in [0.1, 0.15) is 26.8 Å². The number of carboxylic acid groups (broad SMARTS) is 2. The van der Waals surface area contributed by atoms with Crippen LogP contribution in [-0.4, -0.2) is 87.0 Å². The molecule has 2 N–H and O–H groups in total. The first-order valence-corrected chi connectivity index (χ1v) is 12.7. The Hall–Kier alpha value is -1.82. The van der Waals surface area contributed by atoms with Crippen molar-refractivity contribution >= 4 is 44.0 Å². The number of hydrogen-bond donors (Lipinski definition) is 2. The molecule has 0 aliphatic heterocycles. The molecule has 0 saturated heterocycles. The summed E-state index contributed by atoms with van der Waals surface area (Å²) in [5, 5.41) is 15.7. The van der Waals surface area contributed by atoms with Crippen molar-refractivity contribution in [2.75, 3.05) is 26.2 Å². The van der Waals surface area contributed by atoms with Crippen LogP contribution in [0.3, 0.4) is 0 Å². The van der Waals surface area contributed by atoms with Crippen LogP contribution in [-0.2, 0) is 31.2 Å². The summed E-state index contributed by atoms with van der Waals surface area (Å²) in [6.45, 7) is 8.94. The predicted octanol–water partition coefficient (Wildman–Crippen LogP) is 1.87. The molecule has 3 atom stereocenters. The van der Waals surface area contributed by atoms with Crippen LogP contribution in [0, 0.1) is 5.92 Å². The van der Waals surface area contributed by atoms with Crippen molar-refractivity contribution < 1.29 is 37.8 Å². The lowest BCUT2D eigenvalue weighted by Gasteiger charge is -2.20. The summed E-state index contributed by atoms with van der Waals surface area (Å²) in [7, 11) is -3.88. The van der Waals surface area contributed by atoms with Gasteiger partial charge in [-0.25, -0.2) is 8.42 Å². The van der Waals surface area contributed by atoms with Crippen LogP contribution in [0.2, 0.25) is 0 Å². The third kappa shape index (κ3) is 6.58. The molecule has 0 spiro atoms. The minimum absolute atomic E-state index is 0.0853. The Morgan fingerprint density at radius 3 is 1.58 bits per heavy atom. The molecule has 2 aliphatic carbocycles. The lowest BCUT2D eigenvalue weighted by molar-refractivity contribution is -0.138. The smallest absolute Gasteiger partial charge is 0.323 e. The second-order valence-electron chi connectivity index (χ2n) is 7.34. The van der Waals surface area contributed by atoms with Gasteiger partial charge in [0.25, 0.3) is 0 Å². The number of aliphatic carboxylic acids is 2. The van der Waals surface area contributed by atoms with Crippen molar-refractivity contribution in [3.63, 3.8) is 0 Å². The van der Waals surface area contributed by atoms with Gasteiger partial charge in [0, 0.05) is 26.2 Å². The van der Waals surface area contributed by atoms with E-state index >= 15 is 0 Å². The van der Waals surface area contributed by atoms with Gasteiger partial charge in [0.05, 0.1) is 0 Å². The Kier molecular flexibility index (Phi) is 10.3. The van der Waals surface area contributed by atoms with Gasteiger partial charge < -0.3 is 20.0 Å². The molecule has 3 unspecified atom stereocenters. The topological polar surface area (TPSA) is 149 Å². The number of nitrogens with zero attached hydrogens (tertiary/aromatic N) is 2. The zero-order chi connectivity index (χ0) is 23.9. The highest BCUT2D eigenvalue weighted by atomic mass is 32.2. The Labute approximate surface area is 187 Å². The number of rotatable bonds is 9. The zero-order valence-corrected chi connectivity index (χ0v) is 20.0. The van der Waals surface area contributed by atoms with Crippen LogP contribution in [0.5, 0.6) is 0 Å². The molecule has 10 nitrogen and oxygen atoms in total. The molecule has 178 valence electrons. The standard InChI is InChI=1S/C10H17NO4S.C9H15NO4S/c1-3-11(4-2)10(14)16(15)8(9(12)13)7-5-6-7;1-3-10(4-2)8(13)15(14)9(5-6-9)7(11)12/h7-8H,3-6H2,1-2H3,(H,12,13);3-6H2,1-2H3,(H,11,12). The molecular weight excluding hydrogens is 448 g/mol. The van der Waals surface area contributed by atoms with E-state index in [-0.39, 0.29) is 5.92 Å². The number of carbonyl (C=O) groups is 4. The third-order valence-electron chi connectivity index (χ3n) is 5.35. The summed E-state index contributed by atoms with van der Waals surface area (Å²) in [6.07, 6.45) is 2.19. The number of carboxylic acids is 2. The van der Waals surface area contributed by atoms with Gasteiger partial charge in [-0.1, -0.05) is 0 Å². The molecule has 0 bridgehead atoms. The maximum atomic E-state index is 11.9. The Bertz CT molecular complexity index is 741. The van der Waals surface area contributed by atoms with Gasteiger partial charge in [0.2, 0.25) is 0 Å². The summed E-state index contributed by atoms with van der Waals surface area (Å²) in [6, 6.07) is 0. The molecule has 2 fully saturated rings. The van der Waals surface area contributed by atoms with Crippen molar-refractivity contribution in [3.05, 3.63) is 0 Å². The second-order valence-corrected chi connectivity index (χ2v) is 10.5. The Morgan fingerprint density at radius 1 is 0.871 bits per heavy atom. The van der Waals surface area contributed by atoms with Crippen LogP contribution < -0.4 is 0 Å². The van der Waals surface area contributed by atoms with E-state index in [1.54, 1.807) is 27.7 Å². The molecule has 0 heterocycles. The number of carbonyl (C=O) groups excluding carboxylic acids is 2. The molecule has 31 heavy (non-hydrogen) atoms. The minimum atomic E-state index is -1.94. The molecule has 2 amide bonds. The highest BCUT2D eigenvalue weighted by Crippen LogP contribution is 2.42. The highest BCUT2D eigenvalue weighted by molar-refractivity contribution is 8.02. The van der Waals surface area contributed by atoms with Crippen LogP contribution in [0.15, 0.2) is 0 Å². The van der Waals surface area contributed by atoms with E-state index in [4.69, 9.17) is 10.2 Å². The van der Waals surface area contributed by atoms with E-state index in [0.29, 0.717) is 39.0 Å². The van der Waals surface area contributed by atoms with Crippen molar-refractivity contribution in [1.29, 1.82) is 0 Å². The summed E-state index contributed by atoms with van der Waals surface area (Å²) >= 11 is 0. The van der Waals surface area contributed by atoms with Gasteiger partial charge in [0.15, 0.2) is 4.75 Å². The van der Waals surface area contributed by atoms with E-state index < -0.39 is 54.0 Å². The largest absolute Gasteiger partial charge is 0.480 e. The van der Waals surface area contributed by atoms with Crippen LogP contribution in [0.4, 0.5) is 9.59 Å². The van der Waals surface area contributed by atoms with E-state index in [1.807, 2.05) is 0 Å². The fraction of sp³-hybridized carbons (Fsp3) is 0.789. The van der Waals surface area contributed by atoms with E-state index in [0.717, 1.165) is 12.8 Å². The summed E-state index contributed by atoms with van der Waals surface area (Å²) in [5.41, 5.74) is 0. The molecule has 0 aromatic heterocycles. The first-order valence-electron chi connectivity index (χ1n) is 10.4. The van der Waals surface area contributed by atoms with Gasteiger partial charge >= 0.3 is 22.4 Å². The van der Waals surface area contributed by atoms with Crippen LogP contribution in [0.1, 0.15) is 53.4 Å². The molecule has 0 radical (unpaired) electrons. The SMILES string of the molecule is CCN(CC)C(=O)S(=O)C(C(=O)O)C1CC1.CCN(CC)C(=O)S(=O)C1(C(=O)O)CC1. The van der Waals surface area contributed by atoms with Crippen molar-refractivity contribution in [3.8, 4) is 0 Å². The average molecular weight is 481 g/mol. The third-order valence-corrected chi connectivity index (χ3v) is 8.87. The van der Waals surface area contributed by atoms with Crippen molar-refractivity contribution in [2.24, 2.45) is 5.92 Å². The molecule has 0 aromatic carbocycles. The lowest BCUT2D eigenvalue weighted by Crippen LogP contribution is -2.40. The van der Waals surface area contributed by atoms with Gasteiger partial charge in [-0.3, -0.25) is 19.2 Å². The first-order chi connectivity index (χ1) is 14.5. The maximum absolute atomic E-state index is 11.9. The van der Waals surface area contributed by atoms with Crippen LogP contribution >= 0.6 is 0 Å². The molecule has 12 heteroatoms. The number of hydrogen-bond acceptors (Lipinski definition) is 6. The van der Waals surface area contributed by atoms with E-state index in [1.165, 1.54) is 9.80 Å².